The molecule has 0 unspecified atom stereocenters. The van der Waals surface area contributed by atoms with Crippen LogP contribution in [0.2, 0.25) is 5.02 Å². The monoisotopic (exact) mass is 466 g/mol. The highest BCUT2D eigenvalue weighted by molar-refractivity contribution is 7.89. The Hall–Kier alpha value is -1.62. The molecule has 1 aromatic carbocycles. The summed E-state index contributed by atoms with van der Waals surface area (Å²) in [4.78, 5) is 12.9. The Kier molecular flexibility index (Phi) is 6.57. The molecule has 1 amide bonds. The molecule has 0 bridgehead atoms. The van der Waals surface area contributed by atoms with Gasteiger partial charge in [0, 0.05) is 23.9 Å². The average Bonchev–Trinajstić information content (AvgIpc) is 3.19. The third-order valence-electron chi connectivity index (χ3n) is 4.72. The van der Waals surface area contributed by atoms with Crippen molar-refractivity contribution in [2.75, 3.05) is 13.1 Å². The normalized spacial score (nSPS) is 16.7. The molecule has 29 heavy (non-hydrogen) atoms. The van der Waals surface area contributed by atoms with Crippen LogP contribution >= 0.6 is 22.9 Å². The van der Waals surface area contributed by atoms with Gasteiger partial charge in [0.2, 0.25) is 15.9 Å². The number of thiophene rings is 1. The van der Waals surface area contributed by atoms with Crippen molar-refractivity contribution < 1.29 is 26.4 Å². The molecule has 1 aromatic heterocycles. The van der Waals surface area contributed by atoms with Crippen LogP contribution in [0.5, 0.6) is 0 Å². The molecule has 158 valence electrons. The highest BCUT2D eigenvalue weighted by Gasteiger charge is 2.37. The number of alkyl halides is 3. The van der Waals surface area contributed by atoms with Crippen LogP contribution in [-0.4, -0.2) is 31.7 Å². The fraction of sp³-hybridized carbons (Fsp3) is 0.389. The first kappa shape index (κ1) is 22.1. The molecule has 1 fully saturated rings. The summed E-state index contributed by atoms with van der Waals surface area (Å²) >= 11 is 7.09. The van der Waals surface area contributed by atoms with Gasteiger partial charge in [-0.3, -0.25) is 4.79 Å². The van der Waals surface area contributed by atoms with E-state index in [1.807, 2.05) is 17.5 Å². The number of benzene rings is 1. The Morgan fingerprint density at radius 1 is 1.24 bits per heavy atom. The zero-order valence-corrected chi connectivity index (χ0v) is 17.5. The minimum absolute atomic E-state index is 0.0589. The number of nitrogens with zero attached hydrogens (tertiary/aromatic N) is 1. The molecular weight excluding hydrogens is 449 g/mol. The number of nitrogens with one attached hydrogen (secondary N) is 1. The number of rotatable bonds is 5. The third-order valence-corrected chi connectivity index (χ3v) is 7.82. The van der Waals surface area contributed by atoms with E-state index in [0.29, 0.717) is 25.5 Å². The molecule has 3 rings (SSSR count). The molecule has 1 saturated heterocycles. The fourth-order valence-corrected chi connectivity index (χ4v) is 5.49. The summed E-state index contributed by atoms with van der Waals surface area (Å²) < 4.78 is 65.7. The quantitative estimate of drug-likeness (QED) is 0.720. The molecule has 0 radical (unpaired) electrons. The summed E-state index contributed by atoms with van der Waals surface area (Å²) in [5, 5.41) is 4.18. The zero-order valence-electron chi connectivity index (χ0n) is 15.1. The molecule has 2 aromatic rings. The number of hydrogen-bond acceptors (Lipinski definition) is 4. The molecule has 11 heteroatoms. The topological polar surface area (TPSA) is 66.5 Å². The van der Waals surface area contributed by atoms with Crippen molar-refractivity contribution >= 4 is 38.9 Å². The molecule has 0 saturated carbocycles. The average molecular weight is 467 g/mol. The Bertz CT molecular complexity index is 971. The van der Waals surface area contributed by atoms with Crippen molar-refractivity contribution in [2.24, 2.45) is 5.92 Å². The van der Waals surface area contributed by atoms with E-state index in [1.165, 1.54) is 11.3 Å². The van der Waals surface area contributed by atoms with Gasteiger partial charge in [-0.15, -0.1) is 11.3 Å². The number of piperidine rings is 1. The van der Waals surface area contributed by atoms with Crippen molar-refractivity contribution in [3.8, 4) is 0 Å². The van der Waals surface area contributed by atoms with E-state index in [1.54, 1.807) is 0 Å². The molecule has 0 aliphatic carbocycles. The summed E-state index contributed by atoms with van der Waals surface area (Å²) in [7, 11) is -4.11. The number of carbonyl (C=O) groups is 1. The number of sulfonamides is 1. The first-order chi connectivity index (χ1) is 13.6. The predicted molar refractivity (Wildman–Crippen MR) is 104 cm³/mol. The first-order valence-corrected chi connectivity index (χ1v) is 11.5. The van der Waals surface area contributed by atoms with Crippen molar-refractivity contribution in [1.82, 2.24) is 9.62 Å². The fourth-order valence-electron chi connectivity index (χ4n) is 3.12. The second kappa shape index (κ2) is 8.63. The zero-order chi connectivity index (χ0) is 21.2. The van der Waals surface area contributed by atoms with Crippen molar-refractivity contribution in [3.05, 3.63) is 51.2 Å². The molecule has 1 aliphatic heterocycles. The number of halogens is 4. The minimum Gasteiger partial charge on any atom is -0.351 e. The van der Waals surface area contributed by atoms with Gasteiger partial charge in [-0.05, 0) is 42.5 Å². The van der Waals surface area contributed by atoms with Crippen LogP contribution in [0, 0.1) is 5.92 Å². The maximum atomic E-state index is 13.0. The second-order valence-corrected chi connectivity index (χ2v) is 9.99. The third kappa shape index (κ3) is 5.11. The smallest absolute Gasteiger partial charge is 0.351 e. The lowest BCUT2D eigenvalue weighted by Gasteiger charge is -2.30. The van der Waals surface area contributed by atoms with Crippen LogP contribution in [0.25, 0.3) is 0 Å². The van der Waals surface area contributed by atoms with Gasteiger partial charge in [0.15, 0.2) is 0 Å². The second-order valence-electron chi connectivity index (χ2n) is 6.61. The first-order valence-electron chi connectivity index (χ1n) is 8.76. The molecule has 5 nitrogen and oxygen atoms in total. The van der Waals surface area contributed by atoms with Gasteiger partial charge < -0.3 is 5.32 Å². The van der Waals surface area contributed by atoms with Gasteiger partial charge in [0.1, 0.15) is 0 Å². The van der Waals surface area contributed by atoms with Crippen LogP contribution < -0.4 is 5.32 Å². The van der Waals surface area contributed by atoms with Gasteiger partial charge in [-0.25, -0.2) is 8.42 Å². The van der Waals surface area contributed by atoms with E-state index >= 15 is 0 Å². The van der Waals surface area contributed by atoms with E-state index < -0.39 is 31.7 Å². The summed E-state index contributed by atoms with van der Waals surface area (Å²) in [6, 6.07) is 6.34. The summed E-state index contributed by atoms with van der Waals surface area (Å²) in [6.45, 7) is 0.535. The van der Waals surface area contributed by atoms with Crippen LogP contribution in [0.3, 0.4) is 0 Å². The van der Waals surface area contributed by atoms with Crippen molar-refractivity contribution in [2.45, 2.75) is 30.5 Å². The van der Waals surface area contributed by atoms with Gasteiger partial charge in [-0.1, -0.05) is 17.7 Å². The van der Waals surface area contributed by atoms with E-state index in [2.05, 4.69) is 5.32 Å². The highest BCUT2D eigenvalue weighted by Crippen LogP contribution is 2.36. The largest absolute Gasteiger partial charge is 0.417 e. The summed E-state index contributed by atoms with van der Waals surface area (Å²) in [5.41, 5.74) is -1.19. The maximum Gasteiger partial charge on any atom is 0.417 e. The lowest BCUT2D eigenvalue weighted by atomic mass is 9.97. The number of hydrogen-bond donors (Lipinski definition) is 1. The Morgan fingerprint density at radius 3 is 2.52 bits per heavy atom. The minimum atomic E-state index is -4.75. The maximum absolute atomic E-state index is 13.0. The van der Waals surface area contributed by atoms with E-state index in [9.17, 15) is 26.4 Å². The molecule has 2 heterocycles. The van der Waals surface area contributed by atoms with E-state index in [-0.39, 0.29) is 24.9 Å². The Morgan fingerprint density at radius 2 is 1.93 bits per heavy atom. The molecule has 0 atom stereocenters. The lowest BCUT2D eigenvalue weighted by molar-refractivity contribution is -0.137. The van der Waals surface area contributed by atoms with E-state index in [4.69, 9.17) is 11.6 Å². The van der Waals surface area contributed by atoms with Crippen molar-refractivity contribution in [1.29, 1.82) is 0 Å². The van der Waals surface area contributed by atoms with Gasteiger partial charge in [0.25, 0.3) is 0 Å². The van der Waals surface area contributed by atoms with Gasteiger partial charge >= 0.3 is 6.18 Å². The standard InChI is InChI=1S/C18H18ClF3N2O3S2/c19-16-4-3-14(10-15(16)18(20,21)22)29(26,27)24-7-5-12(6-8-24)17(25)23-11-13-2-1-9-28-13/h1-4,9-10,12H,5-8,11H2,(H,23,25). The van der Waals surface area contributed by atoms with E-state index in [0.717, 1.165) is 21.3 Å². The number of amides is 1. The highest BCUT2D eigenvalue weighted by atomic mass is 35.5. The number of carbonyl (C=O) groups excluding carboxylic acids is 1. The van der Waals surface area contributed by atoms with Crippen LogP contribution in [0.15, 0.2) is 40.6 Å². The molecule has 1 aliphatic rings. The Labute approximate surface area is 175 Å². The SMILES string of the molecule is O=C(NCc1cccs1)C1CCN(S(=O)(=O)c2ccc(Cl)c(C(F)(F)F)c2)CC1. The summed E-state index contributed by atoms with van der Waals surface area (Å²) in [5.74, 6) is -0.487. The van der Waals surface area contributed by atoms with Crippen LogP contribution in [0.4, 0.5) is 13.2 Å². The predicted octanol–water partition coefficient (Wildman–Crippen LogP) is 4.14. The van der Waals surface area contributed by atoms with Gasteiger partial charge in [-0.2, -0.15) is 17.5 Å². The summed E-state index contributed by atoms with van der Waals surface area (Å²) in [6.07, 6.45) is -4.15. The molecule has 0 spiro atoms. The van der Waals surface area contributed by atoms with Crippen LogP contribution in [-0.2, 0) is 27.5 Å². The van der Waals surface area contributed by atoms with Gasteiger partial charge in [0.05, 0.1) is 22.0 Å². The van der Waals surface area contributed by atoms with Crippen molar-refractivity contribution in [3.63, 3.8) is 0 Å². The molecular formula is C18H18ClF3N2O3S2. The van der Waals surface area contributed by atoms with Crippen LogP contribution in [0.1, 0.15) is 23.3 Å². The molecule has 1 N–H and O–H groups in total. The Balaban J connectivity index is 1.64. The lowest BCUT2D eigenvalue weighted by Crippen LogP contribution is -2.42.